The molecule has 6 heterocycles. The van der Waals surface area contributed by atoms with E-state index in [9.17, 15) is 9.90 Å². The summed E-state index contributed by atoms with van der Waals surface area (Å²) < 4.78 is 0. The number of aliphatic hydroxyl groups is 1. The molecule has 1 aliphatic rings. The van der Waals surface area contributed by atoms with Gasteiger partial charge in [-0.05, 0) is 44.0 Å². The number of H-pyrrole nitrogens is 2. The van der Waals surface area contributed by atoms with Crippen LogP contribution in [-0.2, 0) is 0 Å². The first-order valence-electron chi connectivity index (χ1n) is 13.7. The SMILES string of the molecule is CC(=O)c1ccc(-c2cncc3[nH]c(-c4[nH]nc5ncc(-c6cncc(NC(O)C7CCCCC7)c6)cc45)nc23)s1. The van der Waals surface area contributed by atoms with Gasteiger partial charge < -0.3 is 15.4 Å². The van der Waals surface area contributed by atoms with Crippen molar-refractivity contribution in [3.05, 3.63) is 60.1 Å². The number of hydrogen-bond acceptors (Lipinski definition) is 9. The van der Waals surface area contributed by atoms with Gasteiger partial charge in [-0.2, -0.15) is 5.10 Å². The zero-order valence-corrected chi connectivity index (χ0v) is 23.2. The van der Waals surface area contributed by atoms with Crippen molar-refractivity contribution in [3.63, 3.8) is 0 Å². The highest BCUT2D eigenvalue weighted by Gasteiger charge is 2.22. The standard InChI is InChI=1S/C30H28N8O2S/c1-16(39)24-7-8-25(41-24)22-14-32-15-23-26(22)36-29(35-23)27-21-10-19(12-33-28(21)38-37-27)18-9-20(13-31-11-18)34-30(40)17-5-3-2-4-6-17/h7-15,17,30,34,40H,2-6H2,1H3,(H,35,36)(H,33,37,38). The summed E-state index contributed by atoms with van der Waals surface area (Å²) in [5, 5.41) is 22.3. The number of nitrogens with zero attached hydrogens (tertiary/aromatic N) is 5. The smallest absolute Gasteiger partial charge is 0.181 e. The first-order valence-corrected chi connectivity index (χ1v) is 14.5. The molecule has 10 nitrogen and oxygen atoms in total. The molecule has 0 aliphatic heterocycles. The van der Waals surface area contributed by atoms with Crippen molar-refractivity contribution in [3.8, 4) is 33.1 Å². The van der Waals surface area contributed by atoms with Crippen molar-refractivity contribution >= 4 is 44.9 Å². The molecule has 0 radical (unpaired) electrons. The Kier molecular flexibility index (Phi) is 6.52. The fourth-order valence-electron chi connectivity index (χ4n) is 5.56. The van der Waals surface area contributed by atoms with Gasteiger partial charge in [0.15, 0.2) is 17.3 Å². The second-order valence-corrected chi connectivity index (χ2v) is 11.6. The predicted octanol–water partition coefficient (Wildman–Crippen LogP) is 6.20. The minimum absolute atomic E-state index is 0.0354. The van der Waals surface area contributed by atoms with Crippen molar-refractivity contribution in [2.45, 2.75) is 45.3 Å². The summed E-state index contributed by atoms with van der Waals surface area (Å²) in [6.45, 7) is 1.57. The molecule has 1 fully saturated rings. The lowest BCUT2D eigenvalue weighted by molar-refractivity contribution is 0.102. The lowest BCUT2D eigenvalue weighted by atomic mass is 9.88. The van der Waals surface area contributed by atoms with Gasteiger partial charge in [-0.15, -0.1) is 11.3 Å². The van der Waals surface area contributed by atoms with Crippen LogP contribution in [0.2, 0.25) is 0 Å². The maximum absolute atomic E-state index is 11.8. The van der Waals surface area contributed by atoms with Crippen LogP contribution in [0.3, 0.4) is 0 Å². The largest absolute Gasteiger partial charge is 0.374 e. The van der Waals surface area contributed by atoms with E-state index >= 15 is 0 Å². The number of nitrogens with one attached hydrogen (secondary N) is 3. The Morgan fingerprint density at radius 2 is 1.88 bits per heavy atom. The summed E-state index contributed by atoms with van der Waals surface area (Å²) in [6, 6.07) is 7.76. The summed E-state index contributed by atoms with van der Waals surface area (Å²) in [5.41, 5.74) is 6.20. The van der Waals surface area contributed by atoms with Crippen LogP contribution in [0.1, 0.15) is 48.7 Å². The molecular weight excluding hydrogens is 536 g/mol. The van der Waals surface area contributed by atoms with Crippen LogP contribution in [0.25, 0.3) is 55.2 Å². The number of aliphatic hydroxyl groups excluding tert-OH is 1. The third-order valence-electron chi connectivity index (χ3n) is 7.74. The molecule has 7 rings (SSSR count). The highest BCUT2D eigenvalue weighted by atomic mass is 32.1. The van der Waals surface area contributed by atoms with E-state index in [0.717, 1.165) is 69.4 Å². The minimum Gasteiger partial charge on any atom is -0.374 e. The Balaban J connectivity index is 1.22. The Labute approximate surface area is 239 Å². The van der Waals surface area contributed by atoms with Gasteiger partial charge in [0.05, 0.1) is 33.9 Å². The molecule has 0 bridgehead atoms. The lowest BCUT2D eigenvalue weighted by Gasteiger charge is -2.27. The van der Waals surface area contributed by atoms with E-state index in [4.69, 9.17) is 4.98 Å². The molecule has 6 aromatic heterocycles. The molecule has 206 valence electrons. The maximum atomic E-state index is 11.8. The van der Waals surface area contributed by atoms with Gasteiger partial charge in [0.25, 0.3) is 0 Å². The average molecular weight is 565 g/mol. The number of rotatable bonds is 7. The fraction of sp³-hybridized carbons (Fsp3) is 0.267. The first-order chi connectivity index (χ1) is 20.0. The number of anilines is 1. The topological polar surface area (TPSA) is 145 Å². The number of aromatic nitrogens is 7. The Morgan fingerprint density at radius 3 is 2.71 bits per heavy atom. The second-order valence-electron chi connectivity index (χ2n) is 10.5. The minimum atomic E-state index is -0.593. The van der Waals surface area contributed by atoms with Gasteiger partial charge in [-0.3, -0.25) is 19.9 Å². The predicted molar refractivity (Wildman–Crippen MR) is 160 cm³/mol. The van der Waals surface area contributed by atoms with Crippen LogP contribution in [0, 0.1) is 5.92 Å². The Bertz CT molecular complexity index is 1880. The summed E-state index contributed by atoms with van der Waals surface area (Å²) in [5.74, 6) is 0.908. The third-order valence-corrected chi connectivity index (χ3v) is 8.96. The van der Waals surface area contributed by atoms with Crippen molar-refractivity contribution in [2.75, 3.05) is 5.32 Å². The molecule has 1 atom stereocenters. The van der Waals surface area contributed by atoms with Gasteiger partial charge in [0.1, 0.15) is 17.4 Å². The van der Waals surface area contributed by atoms with Crippen LogP contribution in [0.15, 0.2) is 55.2 Å². The molecule has 0 amide bonds. The molecule has 0 spiro atoms. The lowest BCUT2D eigenvalue weighted by Crippen LogP contribution is -2.30. The number of carbonyl (C=O) groups excluding carboxylic acids is 1. The van der Waals surface area contributed by atoms with E-state index in [2.05, 4.69) is 35.5 Å². The third kappa shape index (κ3) is 4.87. The van der Waals surface area contributed by atoms with E-state index in [1.54, 1.807) is 37.9 Å². The average Bonchev–Trinajstić information content (AvgIpc) is 3.75. The number of thiophene rings is 1. The molecule has 1 aliphatic carbocycles. The Morgan fingerprint density at radius 1 is 1.05 bits per heavy atom. The van der Waals surface area contributed by atoms with E-state index in [-0.39, 0.29) is 11.7 Å². The maximum Gasteiger partial charge on any atom is 0.181 e. The van der Waals surface area contributed by atoms with Crippen molar-refractivity contribution in [2.24, 2.45) is 5.92 Å². The number of fused-ring (bicyclic) bond motifs is 2. The zero-order chi connectivity index (χ0) is 27.9. The zero-order valence-electron chi connectivity index (χ0n) is 22.4. The number of aromatic amines is 2. The second kappa shape index (κ2) is 10.5. The van der Waals surface area contributed by atoms with Gasteiger partial charge in [0, 0.05) is 46.1 Å². The number of ketones is 1. The van der Waals surface area contributed by atoms with Crippen molar-refractivity contribution < 1.29 is 9.90 Å². The van der Waals surface area contributed by atoms with Gasteiger partial charge in [0.2, 0.25) is 0 Å². The fourth-order valence-corrected chi connectivity index (χ4v) is 6.47. The molecule has 0 saturated heterocycles. The molecule has 4 N–H and O–H groups in total. The molecule has 6 aromatic rings. The van der Waals surface area contributed by atoms with Crippen LogP contribution in [-0.4, -0.2) is 52.2 Å². The monoisotopic (exact) mass is 564 g/mol. The molecule has 1 unspecified atom stereocenters. The van der Waals surface area contributed by atoms with E-state index in [1.165, 1.54) is 17.8 Å². The highest BCUT2D eigenvalue weighted by Crippen LogP contribution is 2.35. The van der Waals surface area contributed by atoms with Crippen LogP contribution in [0.4, 0.5) is 5.69 Å². The Hall–Kier alpha value is -4.48. The molecular formula is C30H28N8O2S. The van der Waals surface area contributed by atoms with Crippen LogP contribution >= 0.6 is 11.3 Å². The van der Waals surface area contributed by atoms with Crippen LogP contribution < -0.4 is 5.32 Å². The molecule has 41 heavy (non-hydrogen) atoms. The molecule has 0 aromatic carbocycles. The summed E-state index contributed by atoms with van der Waals surface area (Å²) >= 11 is 1.43. The highest BCUT2D eigenvalue weighted by molar-refractivity contribution is 7.17. The number of carbonyl (C=O) groups is 1. The molecule has 11 heteroatoms. The number of pyridine rings is 3. The van der Waals surface area contributed by atoms with Gasteiger partial charge in [-0.25, -0.2) is 9.97 Å². The first kappa shape index (κ1) is 25.5. The summed E-state index contributed by atoms with van der Waals surface area (Å²) in [7, 11) is 0. The normalized spacial score (nSPS) is 15.0. The van der Waals surface area contributed by atoms with Crippen molar-refractivity contribution in [1.29, 1.82) is 0 Å². The quantitative estimate of drug-likeness (QED) is 0.132. The van der Waals surface area contributed by atoms with E-state index < -0.39 is 6.23 Å². The van der Waals surface area contributed by atoms with E-state index in [1.807, 2.05) is 24.3 Å². The number of Topliss-reactive ketones (excluding diaryl/α,β-unsaturated/α-hetero) is 1. The van der Waals surface area contributed by atoms with Gasteiger partial charge >= 0.3 is 0 Å². The van der Waals surface area contributed by atoms with Gasteiger partial charge in [-0.1, -0.05) is 19.3 Å². The molecule has 1 saturated carbocycles. The summed E-state index contributed by atoms with van der Waals surface area (Å²) in [4.78, 5) is 35.1. The summed E-state index contributed by atoms with van der Waals surface area (Å²) in [6.07, 6.45) is 13.9. The van der Waals surface area contributed by atoms with E-state index in [0.29, 0.717) is 22.0 Å². The van der Waals surface area contributed by atoms with Crippen LogP contribution in [0.5, 0.6) is 0 Å². The number of hydrogen-bond donors (Lipinski definition) is 4. The number of imidazole rings is 1. The van der Waals surface area contributed by atoms with Crippen molar-refractivity contribution in [1.82, 2.24) is 35.1 Å².